The van der Waals surface area contributed by atoms with Crippen LogP contribution in [0.25, 0.3) is 0 Å². The highest BCUT2D eigenvalue weighted by molar-refractivity contribution is 7.86. The highest BCUT2D eigenvalue weighted by Gasteiger charge is 2.52. The Balaban J connectivity index is 1.88. The van der Waals surface area contributed by atoms with Crippen molar-refractivity contribution in [3.63, 3.8) is 0 Å². The quantitative estimate of drug-likeness (QED) is 0.804. The minimum Gasteiger partial charge on any atom is -0.480 e. The number of fused-ring (bicyclic) bond motifs is 1. The molecule has 3 rings (SSSR count). The molecule has 0 radical (unpaired) electrons. The first-order valence-corrected chi connectivity index (χ1v) is 9.86. The summed E-state index contributed by atoms with van der Waals surface area (Å²) in [6.07, 6.45) is 6.47. The van der Waals surface area contributed by atoms with Gasteiger partial charge in [-0.05, 0) is 43.9 Å². The van der Waals surface area contributed by atoms with E-state index in [1.165, 1.54) is 8.61 Å². The standard InChI is InChI=1S/C15H26N2O4S/c1-2-16(10-11-7-8-11)22(20,21)17-13-6-4-3-5-12(13)9-14(17)15(18)19/h11-14H,2-10H2,1H3,(H,18,19). The van der Waals surface area contributed by atoms with Crippen LogP contribution in [-0.4, -0.2) is 53.3 Å². The van der Waals surface area contributed by atoms with Crippen molar-refractivity contribution in [1.82, 2.24) is 8.61 Å². The van der Waals surface area contributed by atoms with Crippen molar-refractivity contribution in [2.24, 2.45) is 11.8 Å². The smallest absolute Gasteiger partial charge is 0.322 e. The molecule has 3 atom stereocenters. The van der Waals surface area contributed by atoms with Crippen LogP contribution < -0.4 is 0 Å². The number of rotatable bonds is 6. The van der Waals surface area contributed by atoms with E-state index in [1.54, 1.807) is 0 Å². The van der Waals surface area contributed by atoms with Gasteiger partial charge >= 0.3 is 5.97 Å². The number of carboxylic acid groups (broad SMARTS) is 1. The second kappa shape index (κ2) is 6.09. The van der Waals surface area contributed by atoms with Gasteiger partial charge < -0.3 is 5.11 Å². The molecule has 126 valence electrons. The molecule has 0 amide bonds. The van der Waals surface area contributed by atoms with Gasteiger partial charge in [-0.15, -0.1) is 0 Å². The van der Waals surface area contributed by atoms with Gasteiger partial charge in [0.2, 0.25) is 0 Å². The normalized spacial score (nSPS) is 33.1. The maximum atomic E-state index is 13.1. The van der Waals surface area contributed by atoms with Crippen LogP contribution in [0.5, 0.6) is 0 Å². The fourth-order valence-electron chi connectivity index (χ4n) is 4.07. The molecule has 0 aromatic heterocycles. The van der Waals surface area contributed by atoms with Crippen LogP contribution >= 0.6 is 0 Å². The van der Waals surface area contributed by atoms with E-state index in [0.717, 1.165) is 38.5 Å². The largest absolute Gasteiger partial charge is 0.480 e. The molecule has 1 heterocycles. The van der Waals surface area contributed by atoms with E-state index in [4.69, 9.17) is 0 Å². The molecule has 1 N–H and O–H groups in total. The van der Waals surface area contributed by atoms with Gasteiger partial charge in [0.25, 0.3) is 10.2 Å². The van der Waals surface area contributed by atoms with Gasteiger partial charge in [-0.25, -0.2) is 0 Å². The van der Waals surface area contributed by atoms with Crippen molar-refractivity contribution < 1.29 is 18.3 Å². The van der Waals surface area contributed by atoms with Crippen LogP contribution in [0.4, 0.5) is 0 Å². The first-order chi connectivity index (χ1) is 10.4. The molecule has 1 aliphatic heterocycles. The Morgan fingerprint density at radius 2 is 1.91 bits per heavy atom. The van der Waals surface area contributed by atoms with Crippen LogP contribution in [0.1, 0.15) is 51.9 Å². The molecule has 2 aliphatic carbocycles. The van der Waals surface area contributed by atoms with E-state index in [1.807, 2.05) is 6.92 Å². The van der Waals surface area contributed by atoms with Crippen molar-refractivity contribution in [3.8, 4) is 0 Å². The Bertz CT molecular complexity index is 532. The van der Waals surface area contributed by atoms with Crippen molar-refractivity contribution in [2.45, 2.75) is 64.0 Å². The van der Waals surface area contributed by atoms with Crippen molar-refractivity contribution in [3.05, 3.63) is 0 Å². The molecule has 0 spiro atoms. The minimum atomic E-state index is -3.68. The second-order valence-electron chi connectivity index (χ2n) is 6.93. The first-order valence-electron chi connectivity index (χ1n) is 8.46. The van der Waals surface area contributed by atoms with Gasteiger partial charge in [0.05, 0.1) is 0 Å². The lowest BCUT2D eigenvalue weighted by Crippen LogP contribution is -2.52. The Morgan fingerprint density at radius 3 is 2.50 bits per heavy atom. The third-order valence-corrected chi connectivity index (χ3v) is 7.54. The van der Waals surface area contributed by atoms with E-state index in [-0.39, 0.29) is 12.0 Å². The maximum Gasteiger partial charge on any atom is 0.322 e. The topological polar surface area (TPSA) is 77.9 Å². The first kappa shape index (κ1) is 16.2. The van der Waals surface area contributed by atoms with Crippen LogP contribution in [0.3, 0.4) is 0 Å². The number of hydrogen-bond donors (Lipinski definition) is 1. The van der Waals surface area contributed by atoms with E-state index in [9.17, 15) is 18.3 Å². The molecular weight excluding hydrogens is 304 g/mol. The highest BCUT2D eigenvalue weighted by Crippen LogP contribution is 2.42. The van der Waals surface area contributed by atoms with E-state index in [0.29, 0.717) is 25.4 Å². The molecule has 0 bridgehead atoms. The summed E-state index contributed by atoms with van der Waals surface area (Å²) in [4.78, 5) is 11.6. The van der Waals surface area contributed by atoms with E-state index < -0.39 is 22.2 Å². The molecule has 0 aromatic carbocycles. The zero-order valence-corrected chi connectivity index (χ0v) is 14.0. The zero-order valence-electron chi connectivity index (χ0n) is 13.1. The van der Waals surface area contributed by atoms with Crippen LogP contribution in [0.2, 0.25) is 0 Å². The van der Waals surface area contributed by atoms with Crippen LogP contribution in [-0.2, 0) is 15.0 Å². The molecule has 3 fully saturated rings. The predicted octanol–water partition coefficient (Wildman–Crippen LogP) is 1.68. The van der Waals surface area contributed by atoms with Crippen LogP contribution in [0, 0.1) is 11.8 Å². The molecule has 2 saturated carbocycles. The van der Waals surface area contributed by atoms with Gasteiger partial charge in [-0.1, -0.05) is 19.8 Å². The third kappa shape index (κ3) is 2.90. The molecule has 3 aliphatic rings. The molecule has 6 nitrogen and oxygen atoms in total. The number of aliphatic carboxylic acids is 1. The highest BCUT2D eigenvalue weighted by atomic mass is 32.2. The summed E-state index contributed by atoms with van der Waals surface area (Å²) in [6, 6.07) is -1.00. The predicted molar refractivity (Wildman–Crippen MR) is 82.5 cm³/mol. The lowest BCUT2D eigenvalue weighted by molar-refractivity contribution is -0.141. The van der Waals surface area contributed by atoms with Crippen molar-refractivity contribution >= 4 is 16.2 Å². The zero-order chi connectivity index (χ0) is 15.9. The maximum absolute atomic E-state index is 13.1. The van der Waals surface area contributed by atoms with E-state index >= 15 is 0 Å². The van der Waals surface area contributed by atoms with Gasteiger partial charge in [0.1, 0.15) is 6.04 Å². The van der Waals surface area contributed by atoms with Crippen molar-refractivity contribution in [2.75, 3.05) is 13.1 Å². The Hall–Kier alpha value is -0.660. The fourth-order valence-corrected chi connectivity index (χ4v) is 6.18. The molecular formula is C15H26N2O4S. The number of carbonyl (C=O) groups is 1. The summed E-state index contributed by atoms with van der Waals surface area (Å²) in [5, 5.41) is 9.52. The van der Waals surface area contributed by atoms with Crippen molar-refractivity contribution in [1.29, 1.82) is 0 Å². The Labute approximate surface area is 132 Å². The lowest BCUT2D eigenvalue weighted by Gasteiger charge is -2.35. The summed E-state index contributed by atoms with van der Waals surface area (Å²) in [5.41, 5.74) is 0. The van der Waals surface area contributed by atoms with Gasteiger partial charge in [0.15, 0.2) is 0 Å². The molecule has 3 unspecified atom stereocenters. The Kier molecular flexibility index (Phi) is 4.49. The van der Waals surface area contributed by atoms with Gasteiger partial charge in [-0.3, -0.25) is 4.79 Å². The summed E-state index contributed by atoms with van der Waals surface area (Å²) < 4.78 is 29.0. The summed E-state index contributed by atoms with van der Waals surface area (Å²) in [7, 11) is -3.68. The van der Waals surface area contributed by atoms with Crippen LogP contribution in [0.15, 0.2) is 0 Å². The SMILES string of the molecule is CCN(CC1CC1)S(=O)(=O)N1C(C(=O)O)CC2CCCCC21. The molecule has 1 saturated heterocycles. The third-order valence-electron chi connectivity index (χ3n) is 5.42. The van der Waals surface area contributed by atoms with E-state index in [2.05, 4.69) is 0 Å². The average Bonchev–Trinajstić information content (AvgIpc) is 3.20. The Morgan fingerprint density at radius 1 is 1.23 bits per heavy atom. The number of nitrogens with zero attached hydrogens (tertiary/aromatic N) is 2. The lowest BCUT2D eigenvalue weighted by atomic mass is 9.85. The molecule has 7 heteroatoms. The monoisotopic (exact) mass is 330 g/mol. The summed E-state index contributed by atoms with van der Waals surface area (Å²) >= 11 is 0. The fraction of sp³-hybridized carbons (Fsp3) is 0.933. The number of carboxylic acids is 1. The van der Waals surface area contributed by atoms with Gasteiger partial charge in [-0.2, -0.15) is 17.0 Å². The summed E-state index contributed by atoms with van der Waals surface area (Å²) in [6.45, 7) is 2.79. The average molecular weight is 330 g/mol. The number of hydrogen-bond acceptors (Lipinski definition) is 3. The second-order valence-corrected chi connectivity index (χ2v) is 8.77. The molecule has 22 heavy (non-hydrogen) atoms. The summed E-state index contributed by atoms with van der Waals surface area (Å²) in [5.74, 6) is -0.326. The van der Waals surface area contributed by atoms with Gasteiger partial charge in [0, 0.05) is 19.1 Å². The molecule has 0 aromatic rings. The minimum absolute atomic E-state index is 0.117.